The predicted molar refractivity (Wildman–Crippen MR) is 133 cm³/mol. The summed E-state index contributed by atoms with van der Waals surface area (Å²) in [5, 5.41) is 11.2. The van der Waals surface area contributed by atoms with Crippen molar-refractivity contribution in [1.29, 1.82) is 0 Å². The van der Waals surface area contributed by atoms with E-state index in [0.29, 0.717) is 53.8 Å². The van der Waals surface area contributed by atoms with E-state index in [9.17, 15) is 14.7 Å². The number of aliphatic hydroxyl groups is 1. The molecule has 1 atom stereocenters. The highest BCUT2D eigenvalue weighted by Gasteiger charge is 2.30. The summed E-state index contributed by atoms with van der Waals surface area (Å²) < 4.78 is 6.23. The number of carbonyl (C=O) groups is 1. The van der Waals surface area contributed by atoms with Gasteiger partial charge in [-0.2, -0.15) is 0 Å². The van der Waals surface area contributed by atoms with Gasteiger partial charge in [0.15, 0.2) is 11.0 Å². The number of benzene rings is 3. The molecule has 1 unspecified atom stereocenters. The first-order valence-corrected chi connectivity index (χ1v) is 11.7. The summed E-state index contributed by atoms with van der Waals surface area (Å²) in [6, 6.07) is 24.3. The smallest absolute Gasteiger partial charge is 0.257 e. The number of para-hydroxylation sites is 1. The van der Waals surface area contributed by atoms with Gasteiger partial charge in [0.2, 0.25) is 0 Å². The highest BCUT2D eigenvalue weighted by Crippen LogP contribution is 2.32. The fraction of sp³-hybridized carbons (Fsp3) is 0.241. The average molecular weight is 454 g/mol. The Bertz CT molecular complexity index is 1370. The Morgan fingerprint density at radius 2 is 1.59 bits per heavy atom. The number of hydrogen-bond donors (Lipinski definition) is 1. The molecule has 1 aliphatic heterocycles. The number of aliphatic hydroxyl groups excluding tert-OH is 1. The van der Waals surface area contributed by atoms with E-state index >= 15 is 0 Å². The molecular formula is C29H27NO4. The third-order valence-electron chi connectivity index (χ3n) is 6.83. The van der Waals surface area contributed by atoms with Crippen LogP contribution in [0, 0.1) is 12.8 Å². The van der Waals surface area contributed by atoms with Gasteiger partial charge in [-0.25, -0.2) is 0 Å². The van der Waals surface area contributed by atoms with Gasteiger partial charge in [-0.15, -0.1) is 0 Å². The molecular weight excluding hydrogens is 426 g/mol. The van der Waals surface area contributed by atoms with Crippen LogP contribution in [-0.2, 0) is 0 Å². The van der Waals surface area contributed by atoms with Gasteiger partial charge in [0.1, 0.15) is 5.76 Å². The van der Waals surface area contributed by atoms with Crippen molar-refractivity contribution in [3.8, 4) is 11.3 Å². The Balaban J connectivity index is 1.43. The number of piperidine rings is 1. The van der Waals surface area contributed by atoms with E-state index in [1.54, 1.807) is 30.0 Å². The van der Waals surface area contributed by atoms with Gasteiger partial charge in [-0.05, 0) is 43.4 Å². The van der Waals surface area contributed by atoms with Crippen molar-refractivity contribution in [3.05, 3.63) is 106 Å². The first kappa shape index (κ1) is 22.1. The fourth-order valence-corrected chi connectivity index (χ4v) is 4.85. The number of amides is 1. The van der Waals surface area contributed by atoms with Crippen LogP contribution in [0.3, 0.4) is 0 Å². The van der Waals surface area contributed by atoms with Crippen LogP contribution in [0.25, 0.3) is 22.3 Å². The van der Waals surface area contributed by atoms with E-state index in [1.807, 2.05) is 60.7 Å². The fourth-order valence-electron chi connectivity index (χ4n) is 4.85. The lowest BCUT2D eigenvalue weighted by Gasteiger charge is -2.34. The third kappa shape index (κ3) is 4.03. The second-order valence-corrected chi connectivity index (χ2v) is 8.92. The molecule has 1 fully saturated rings. The number of nitrogens with zero attached hydrogens (tertiary/aromatic N) is 1. The zero-order valence-electron chi connectivity index (χ0n) is 19.1. The van der Waals surface area contributed by atoms with Crippen LogP contribution >= 0.6 is 0 Å². The van der Waals surface area contributed by atoms with Crippen molar-refractivity contribution in [3.63, 3.8) is 0 Å². The van der Waals surface area contributed by atoms with Gasteiger partial charge in [-0.1, -0.05) is 66.7 Å². The van der Waals surface area contributed by atoms with Gasteiger partial charge >= 0.3 is 0 Å². The SMILES string of the molecule is Cc1c(-c2ccccc2)oc2c(C(=O)N3CCC(C(O)c4ccccc4)CC3)cccc2c1=O. The highest BCUT2D eigenvalue weighted by molar-refractivity contribution is 6.05. The Hall–Kier alpha value is -3.70. The van der Waals surface area contributed by atoms with Crippen molar-refractivity contribution >= 4 is 16.9 Å². The molecule has 5 rings (SSSR count). The quantitative estimate of drug-likeness (QED) is 0.452. The van der Waals surface area contributed by atoms with Gasteiger partial charge in [0.05, 0.1) is 17.1 Å². The van der Waals surface area contributed by atoms with Crippen LogP contribution in [0.4, 0.5) is 0 Å². The summed E-state index contributed by atoms with van der Waals surface area (Å²) in [7, 11) is 0. The van der Waals surface area contributed by atoms with Crippen molar-refractivity contribution in [1.82, 2.24) is 4.90 Å². The minimum atomic E-state index is -0.537. The van der Waals surface area contributed by atoms with E-state index in [1.165, 1.54) is 0 Å². The minimum Gasteiger partial charge on any atom is -0.455 e. The maximum atomic E-state index is 13.5. The number of likely N-dealkylation sites (tertiary alicyclic amines) is 1. The predicted octanol–water partition coefficient (Wildman–Crippen LogP) is 5.35. The summed E-state index contributed by atoms with van der Waals surface area (Å²) >= 11 is 0. The van der Waals surface area contributed by atoms with Crippen molar-refractivity contribution in [2.24, 2.45) is 5.92 Å². The Labute approximate surface area is 198 Å². The molecule has 0 aliphatic carbocycles. The Morgan fingerprint density at radius 1 is 0.941 bits per heavy atom. The van der Waals surface area contributed by atoms with Gasteiger partial charge in [-0.3, -0.25) is 9.59 Å². The molecule has 1 aromatic heterocycles. The van der Waals surface area contributed by atoms with Crippen LogP contribution in [0.15, 0.2) is 88.1 Å². The molecule has 0 radical (unpaired) electrons. The topological polar surface area (TPSA) is 70.8 Å². The van der Waals surface area contributed by atoms with Crippen LogP contribution in [0.2, 0.25) is 0 Å². The lowest BCUT2D eigenvalue weighted by atomic mass is 9.87. The lowest BCUT2D eigenvalue weighted by molar-refractivity contribution is 0.0463. The van der Waals surface area contributed by atoms with Gasteiger partial charge in [0, 0.05) is 24.2 Å². The molecule has 2 heterocycles. The largest absolute Gasteiger partial charge is 0.455 e. The van der Waals surface area contributed by atoms with E-state index < -0.39 is 6.10 Å². The maximum Gasteiger partial charge on any atom is 0.257 e. The minimum absolute atomic E-state index is 0.101. The van der Waals surface area contributed by atoms with Crippen LogP contribution in [-0.4, -0.2) is 29.0 Å². The van der Waals surface area contributed by atoms with Gasteiger partial charge in [0.25, 0.3) is 5.91 Å². The number of hydrogen-bond acceptors (Lipinski definition) is 4. The molecule has 0 saturated carbocycles. The van der Waals surface area contributed by atoms with Crippen molar-refractivity contribution in [2.45, 2.75) is 25.9 Å². The molecule has 3 aromatic carbocycles. The summed E-state index contributed by atoms with van der Waals surface area (Å²) in [6.07, 6.45) is 0.890. The number of rotatable bonds is 4. The highest BCUT2D eigenvalue weighted by atomic mass is 16.3. The molecule has 1 saturated heterocycles. The van der Waals surface area contributed by atoms with E-state index in [2.05, 4.69) is 0 Å². The Morgan fingerprint density at radius 3 is 2.26 bits per heavy atom. The summed E-state index contributed by atoms with van der Waals surface area (Å²) in [5.41, 5.74) is 2.84. The summed E-state index contributed by atoms with van der Waals surface area (Å²) in [5.74, 6) is 0.441. The average Bonchev–Trinajstić information content (AvgIpc) is 2.90. The maximum absolute atomic E-state index is 13.5. The second kappa shape index (κ2) is 9.27. The van der Waals surface area contributed by atoms with Crippen LogP contribution in [0.5, 0.6) is 0 Å². The third-order valence-corrected chi connectivity index (χ3v) is 6.83. The molecule has 34 heavy (non-hydrogen) atoms. The number of carbonyl (C=O) groups excluding carboxylic acids is 1. The normalized spacial score (nSPS) is 15.4. The molecule has 1 amide bonds. The van der Waals surface area contributed by atoms with E-state index in [0.717, 1.165) is 11.1 Å². The van der Waals surface area contributed by atoms with E-state index in [4.69, 9.17) is 4.42 Å². The van der Waals surface area contributed by atoms with E-state index in [-0.39, 0.29) is 17.3 Å². The molecule has 5 nitrogen and oxygen atoms in total. The van der Waals surface area contributed by atoms with Gasteiger partial charge < -0.3 is 14.4 Å². The number of fused-ring (bicyclic) bond motifs is 1. The monoisotopic (exact) mass is 453 g/mol. The molecule has 0 bridgehead atoms. The zero-order valence-corrected chi connectivity index (χ0v) is 19.1. The zero-order chi connectivity index (χ0) is 23.7. The summed E-state index contributed by atoms with van der Waals surface area (Å²) in [4.78, 5) is 28.4. The van der Waals surface area contributed by atoms with Crippen LogP contribution < -0.4 is 5.43 Å². The molecule has 5 heteroatoms. The van der Waals surface area contributed by atoms with Crippen LogP contribution in [0.1, 0.15) is 40.4 Å². The molecule has 0 spiro atoms. The lowest BCUT2D eigenvalue weighted by Crippen LogP contribution is -2.39. The van der Waals surface area contributed by atoms with Crippen molar-refractivity contribution < 1.29 is 14.3 Å². The molecule has 4 aromatic rings. The first-order chi connectivity index (χ1) is 16.5. The summed E-state index contributed by atoms with van der Waals surface area (Å²) in [6.45, 7) is 2.85. The molecule has 1 aliphatic rings. The molecule has 1 N–H and O–H groups in total. The second-order valence-electron chi connectivity index (χ2n) is 8.92. The Kier molecular flexibility index (Phi) is 6.03. The van der Waals surface area contributed by atoms with Crippen molar-refractivity contribution in [2.75, 3.05) is 13.1 Å². The standard InChI is InChI=1S/C29H27NO4/c1-19-25(31)23-13-8-14-24(28(23)34-27(19)22-11-6-3-7-12-22)29(33)30-17-15-21(16-18-30)26(32)20-9-4-2-5-10-20/h2-14,21,26,32H,15-18H2,1H3. The first-order valence-electron chi connectivity index (χ1n) is 11.7. The molecule has 172 valence electrons.